The van der Waals surface area contributed by atoms with Crippen LogP contribution in [0.3, 0.4) is 0 Å². The van der Waals surface area contributed by atoms with Crippen molar-refractivity contribution in [3.8, 4) is 0 Å². The molecule has 4 heteroatoms. The fourth-order valence-electron chi connectivity index (χ4n) is 0. The molecule has 42 valence electrons. The summed E-state index contributed by atoms with van der Waals surface area (Å²) in [5.41, 5.74) is 0. The molecule has 0 spiro atoms. The van der Waals surface area contributed by atoms with Crippen LogP contribution >= 0.6 is 59.9 Å². The summed E-state index contributed by atoms with van der Waals surface area (Å²) in [5.74, 6) is 0. The van der Waals surface area contributed by atoms with Crippen LogP contribution in [-0.2, 0) is 4.92 Å². The summed E-state index contributed by atoms with van der Waals surface area (Å²) in [6.07, 6.45) is 0. The van der Waals surface area contributed by atoms with E-state index in [1.165, 1.54) is 0 Å². The van der Waals surface area contributed by atoms with Crippen LogP contribution in [0.2, 0.25) is 0 Å². The Morgan fingerprint density at radius 2 is 0.833 bits per heavy atom. The Labute approximate surface area is 77.9 Å². The third-order valence-corrected chi connectivity index (χ3v) is 0. The van der Waals surface area contributed by atoms with E-state index in [9.17, 15) is 0 Å². The van der Waals surface area contributed by atoms with Crippen molar-refractivity contribution in [2.75, 3.05) is 0 Å². The first kappa shape index (κ1) is 15.9. The third kappa shape index (κ3) is 29.3. The Balaban J connectivity index is -0.0000000450. The summed E-state index contributed by atoms with van der Waals surface area (Å²) < 4.78 is 0. The Bertz CT molecular complexity index is 13.5. The van der Waals surface area contributed by atoms with Gasteiger partial charge in [0, 0.05) is 0 Å². The number of hydrogen-bond donors (Lipinski definition) is 0. The monoisotopic (exact) mass is 462 g/mol. The predicted octanol–water partition coefficient (Wildman–Crippen LogP) is 3.56. The minimum absolute atomic E-state index is 0. The predicted molar refractivity (Wildman–Crippen MR) is 54.9 cm³/mol. The maximum atomic E-state index is 2.46. The molecule has 0 heterocycles. The van der Waals surface area contributed by atoms with Gasteiger partial charge in [-0.2, -0.15) is 0 Å². The number of halogens is 3. The molecular formula is C2H6I3V-2. The summed E-state index contributed by atoms with van der Waals surface area (Å²) in [4.78, 5) is -0.278. The second kappa shape index (κ2) is 10.7. The van der Waals surface area contributed by atoms with Crippen LogP contribution in [0.1, 0.15) is 0 Å². The van der Waals surface area contributed by atoms with Crippen LogP contribution in [0.25, 0.3) is 0 Å². The quantitative estimate of drug-likeness (QED) is 0.382. The molecular weight excluding hydrogens is 456 g/mol. The average Bonchev–Trinajstić information content (AvgIpc) is 0.811. The Hall–Kier alpha value is 2.77. The molecule has 0 N–H and O–H groups in total. The minimum atomic E-state index is -0.278. The zero-order valence-corrected chi connectivity index (χ0v) is 11.5. The zero-order chi connectivity index (χ0) is 3.58. The molecule has 0 atom stereocenters. The van der Waals surface area contributed by atoms with E-state index in [1.807, 2.05) is 0 Å². The number of rotatable bonds is 0. The Morgan fingerprint density at radius 3 is 0.833 bits per heavy atom. The van der Waals surface area contributed by atoms with Gasteiger partial charge in [-0.1, -0.05) is 0 Å². The molecule has 6 heavy (non-hydrogen) atoms. The van der Waals surface area contributed by atoms with E-state index >= 15 is 0 Å². The van der Waals surface area contributed by atoms with Crippen LogP contribution in [0.5, 0.6) is 0 Å². The van der Waals surface area contributed by atoms with Crippen molar-refractivity contribution in [1.29, 1.82) is 0 Å². The van der Waals surface area contributed by atoms with E-state index in [2.05, 4.69) is 59.9 Å². The van der Waals surface area contributed by atoms with Gasteiger partial charge in [0.2, 0.25) is 0 Å². The van der Waals surface area contributed by atoms with E-state index in [1.54, 1.807) is 0 Å². The van der Waals surface area contributed by atoms with Gasteiger partial charge >= 0.3 is 64.9 Å². The second-order valence-corrected chi connectivity index (χ2v) is 35.6. The first-order chi connectivity index (χ1) is 1.73. The normalized spacial score (nSPS) is 6.00. The van der Waals surface area contributed by atoms with Crippen LogP contribution in [-0.4, -0.2) is 0 Å². The molecule has 0 aromatic heterocycles. The topological polar surface area (TPSA) is 0 Å². The molecule has 0 saturated heterocycles. The molecule has 0 fully saturated rings. The summed E-state index contributed by atoms with van der Waals surface area (Å²) in [6.45, 7) is 0. The van der Waals surface area contributed by atoms with Crippen molar-refractivity contribution in [2.45, 2.75) is 0 Å². The maximum absolute atomic E-state index is 2.46. The average molecular weight is 462 g/mol. The van der Waals surface area contributed by atoms with Crippen molar-refractivity contribution < 1.29 is 4.92 Å². The molecule has 0 bridgehead atoms. The molecule has 0 nitrogen and oxygen atoms in total. The van der Waals surface area contributed by atoms with Gasteiger partial charge in [-0.25, -0.2) is 0 Å². The Morgan fingerprint density at radius 1 is 0.833 bits per heavy atom. The van der Waals surface area contributed by atoms with Crippen molar-refractivity contribution in [3.63, 3.8) is 0 Å². The van der Waals surface area contributed by atoms with Crippen molar-refractivity contribution >= 4 is 59.9 Å². The van der Waals surface area contributed by atoms with Gasteiger partial charge in [-0.15, -0.1) is 0 Å². The fraction of sp³-hybridized carbons (Fsp3) is 0. The van der Waals surface area contributed by atoms with Gasteiger partial charge in [-0.3, -0.25) is 0 Å². The second-order valence-electron chi connectivity index (χ2n) is 0.192. The van der Waals surface area contributed by atoms with Gasteiger partial charge in [0.05, 0.1) is 0 Å². The summed E-state index contributed by atoms with van der Waals surface area (Å²) in [6, 6.07) is 0. The molecule has 0 aliphatic rings. The summed E-state index contributed by atoms with van der Waals surface area (Å²) in [7, 11) is 0. The van der Waals surface area contributed by atoms with E-state index in [0.717, 1.165) is 0 Å². The van der Waals surface area contributed by atoms with E-state index in [4.69, 9.17) is 0 Å². The molecule has 0 aliphatic heterocycles. The van der Waals surface area contributed by atoms with Crippen LogP contribution in [0.4, 0.5) is 0 Å². The van der Waals surface area contributed by atoms with Gasteiger partial charge in [0.25, 0.3) is 0 Å². The SMILES string of the molecule is [CH3-].[CH3-].[I][V]([I])[I]. The zero-order valence-electron chi connectivity index (χ0n) is 3.58. The standard InChI is InChI=1S/2CH3.3HI.V/h2*1H3;3*1H;/q2*-1;;;;+3/p-3. The first-order valence-electron chi connectivity index (χ1n) is 0.507. The molecule has 0 amide bonds. The van der Waals surface area contributed by atoms with Gasteiger partial charge in [0.15, 0.2) is 0 Å². The van der Waals surface area contributed by atoms with Gasteiger partial charge in [-0.05, 0) is 0 Å². The Kier molecular flexibility index (Phi) is 28.4. The molecule has 0 saturated carbocycles. The van der Waals surface area contributed by atoms with Gasteiger partial charge in [0.1, 0.15) is 0 Å². The van der Waals surface area contributed by atoms with Crippen LogP contribution in [0.15, 0.2) is 0 Å². The van der Waals surface area contributed by atoms with Crippen molar-refractivity contribution in [2.24, 2.45) is 0 Å². The molecule has 0 unspecified atom stereocenters. The van der Waals surface area contributed by atoms with Crippen LogP contribution < -0.4 is 0 Å². The van der Waals surface area contributed by atoms with Crippen LogP contribution in [0, 0.1) is 14.9 Å². The first-order valence-corrected chi connectivity index (χ1v) is 14.0. The molecule has 0 aromatic rings. The summed E-state index contributed by atoms with van der Waals surface area (Å²) >= 11 is 7.39. The molecule has 0 aliphatic carbocycles. The third-order valence-electron chi connectivity index (χ3n) is 0. The molecule has 0 rings (SSSR count). The fourth-order valence-corrected chi connectivity index (χ4v) is 0. The van der Waals surface area contributed by atoms with E-state index in [0.29, 0.717) is 0 Å². The number of hydrogen-bond acceptors (Lipinski definition) is 0. The van der Waals surface area contributed by atoms with Crippen molar-refractivity contribution in [3.05, 3.63) is 14.9 Å². The van der Waals surface area contributed by atoms with E-state index in [-0.39, 0.29) is 19.8 Å². The molecule has 0 aromatic carbocycles. The van der Waals surface area contributed by atoms with E-state index < -0.39 is 0 Å². The van der Waals surface area contributed by atoms with Crippen molar-refractivity contribution in [1.82, 2.24) is 0 Å². The summed E-state index contributed by atoms with van der Waals surface area (Å²) in [5, 5.41) is 0. The van der Waals surface area contributed by atoms with Gasteiger partial charge < -0.3 is 14.9 Å². The molecule has 0 radical (unpaired) electrons.